The average molecular weight is 290 g/mol. The van der Waals surface area contributed by atoms with Gasteiger partial charge in [0.05, 0.1) is 4.92 Å². The Bertz CT molecular complexity index is 695. The normalized spacial score (nSPS) is 11.9. The molecule has 0 spiro atoms. The lowest BCUT2D eigenvalue weighted by Gasteiger charge is -2.14. The number of aromatic hydroxyl groups is 1. The molecule has 1 atom stereocenters. The number of nitrogens with one attached hydrogen (secondary N) is 1. The predicted molar refractivity (Wildman–Crippen MR) is 75.1 cm³/mol. The lowest BCUT2D eigenvalue weighted by Crippen LogP contribution is -2.25. The van der Waals surface area contributed by atoms with Gasteiger partial charge in [0.2, 0.25) is 5.91 Å². The second kappa shape index (κ2) is 5.61. The summed E-state index contributed by atoms with van der Waals surface area (Å²) in [6, 6.07) is 5.40. The van der Waals surface area contributed by atoms with Crippen molar-refractivity contribution in [2.75, 3.05) is 5.32 Å². The first-order chi connectivity index (χ1) is 9.90. The highest BCUT2D eigenvalue weighted by molar-refractivity contribution is 5.93. The van der Waals surface area contributed by atoms with E-state index in [0.717, 1.165) is 6.20 Å². The highest BCUT2D eigenvalue weighted by Crippen LogP contribution is 2.21. The van der Waals surface area contributed by atoms with Crippen molar-refractivity contribution in [2.45, 2.75) is 19.9 Å². The number of phenols is 1. The van der Waals surface area contributed by atoms with Crippen LogP contribution < -0.4 is 5.32 Å². The first kappa shape index (κ1) is 14.5. The van der Waals surface area contributed by atoms with E-state index in [1.165, 1.54) is 23.7 Å². The minimum absolute atomic E-state index is 0.0337. The third-order valence-electron chi connectivity index (χ3n) is 3.08. The van der Waals surface area contributed by atoms with Crippen LogP contribution >= 0.6 is 0 Å². The van der Waals surface area contributed by atoms with E-state index in [9.17, 15) is 20.0 Å². The number of phenolic OH excluding ortho intramolecular Hbond substituents is 1. The van der Waals surface area contributed by atoms with Gasteiger partial charge in [-0.1, -0.05) is 6.07 Å². The summed E-state index contributed by atoms with van der Waals surface area (Å²) in [4.78, 5) is 22.4. The Morgan fingerprint density at radius 2 is 2.24 bits per heavy atom. The quantitative estimate of drug-likeness (QED) is 0.661. The Morgan fingerprint density at radius 3 is 2.81 bits per heavy atom. The van der Waals surface area contributed by atoms with Crippen LogP contribution in [-0.2, 0) is 4.79 Å². The number of nitrogens with zero attached hydrogens (tertiary/aromatic N) is 3. The molecule has 0 aliphatic rings. The Hall–Kier alpha value is -2.90. The fraction of sp³-hybridized carbons (Fsp3) is 0.231. The summed E-state index contributed by atoms with van der Waals surface area (Å²) in [5.41, 5.74) is 0.608. The minimum atomic E-state index is -0.721. The van der Waals surface area contributed by atoms with Gasteiger partial charge in [0.1, 0.15) is 23.7 Å². The zero-order valence-corrected chi connectivity index (χ0v) is 11.5. The molecule has 1 unspecified atom stereocenters. The highest BCUT2D eigenvalue weighted by atomic mass is 16.6. The molecule has 1 amide bonds. The van der Waals surface area contributed by atoms with Crippen LogP contribution in [0.4, 0.5) is 11.4 Å². The van der Waals surface area contributed by atoms with E-state index in [0.29, 0.717) is 11.4 Å². The van der Waals surface area contributed by atoms with Crippen LogP contribution in [0, 0.1) is 17.0 Å². The molecule has 8 heteroatoms. The van der Waals surface area contributed by atoms with Crippen molar-refractivity contribution < 1.29 is 14.8 Å². The Morgan fingerprint density at radius 1 is 1.52 bits per heavy atom. The maximum atomic E-state index is 12.1. The third-order valence-corrected chi connectivity index (χ3v) is 3.08. The fourth-order valence-corrected chi connectivity index (χ4v) is 1.93. The number of aromatic nitrogens is 2. The summed E-state index contributed by atoms with van der Waals surface area (Å²) < 4.78 is 1.29. The number of hydrogen-bond donors (Lipinski definition) is 2. The van der Waals surface area contributed by atoms with E-state index in [-0.39, 0.29) is 17.3 Å². The Balaban J connectivity index is 2.18. The van der Waals surface area contributed by atoms with Crippen LogP contribution in [0.15, 0.2) is 30.5 Å². The largest absolute Gasteiger partial charge is 0.508 e. The summed E-state index contributed by atoms with van der Waals surface area (Å²) in [5, 5.41) is 26.6. The van der Waals surface area contributed by atoms with Crippen molar-refractivity contribution in [3.8, 4) is 5.75 Å². The van der Waals surface area contributed by atoms with Crippen molar-refractivity contribution in [1.29, 1.82) is 0 Å². The monoisotopic (exact) mass is 290 g/mol. The van der Waals surface area contributed by atoms with Crippen molar-refractivity contribution in [2.24, 2.45) is 0 Å². The number of amides is 1. The van der Waals surface area contributed by atoms with Gasteiger partial charge in [-0.15, -0.1) is 0 Å². The summed E-state index contributed by atoms with van der Waals surface area (Å²) >= 11 is 0. The van der Waals surface area contributed by atoms with Crippen LogP contribution in [-0.4, -0.2) is 25.7 Å². The van der Waals surface area contributed by atoms with Crippen LogP contribution in [0.25, 0.3) is 0 Å². The van der Waals surface area contributed by atoms with E-state index in [1.807, 2.05) is 0 Å². The van der Waals surface area contributed by atoms with E-state index in [2.05, 4.69) is 10.4 Å². The molecular formula is C13H14N4O4. The number of carbonyl (C=O) groups excluding carboxylic acids is 1. The maximum absolute atomic E-state index is 12.1. The first-order valence-electron chi connectivity index (χ1n) is 6.18. The molecule has 2 rings (SSSR count). The van der Waals surface area contributed by atoms with Gasteiger partial charge < -0.3 is 10.4 Å². The number of nitro groups is 1. The number of anilines is 1. The first-order valence-corrected chi connectivity index (χ1v) is 6.18. The molecule has 0 saturated carbocycles. The zero-order chi connectivity index (χ0) is 15.6. The molecule has 110 valence electrons. The number of carbonyl (C=O) groups is 1. The molecule has 1 aromatic carbocycles. The summed E-state index contributed by atoms with van der Waals surface area (Å²) in [6.07, 6.45) is 1.12. The minimum Gasteiger partial charge on any atom is -0.508 e. The van der Waals surface area contributed by atoms with E-state index < -0.39 is 11.0 Å². The molecule has 21 heavy (non-hydrogen) atoms. The molecule has 0 bridgehead atoms. The van der Waals surface area contributed by atoms with Crippen LogP contribution in [0.3, 0.4) is 0 Å². The number of hydrogen-bond acceptors (Lipinski definition) is 5. The Labute approximate surface area is 120 Å². The Kier molecular flexibility index (Phi) is 3.88. The van der Waals surface area contributed by atoms with Gasteiger partial charge in [-0.2, -0.15) is 5.10 Å². The van der Waals surface area contributed by atoms with Crippen molar-refractivity contribution in [3.63, 3.8) is 0 Å². The molecular weight excluding hydrogens is 276 g/mol. The molecule has 0 radical (unpaired) electrons. The van der Waals surface area contributed by atoms with E-state index in [4.69, 9.17) is 0 Å². The van der Waals surface area contributed by atoms with Gasteiger partial charge in [0.15, 0.2) is 0 Å². The van der Waals surface area contributed by atoms with Crippen LogP contribution in [0.5, 0.6) is 5.75 Å². The second-order valence-corrected chi connectivity index (χ2v) is 4.53. The molecule has 2 N–H and O–H groups in total. The molecule has 2 aromatic rings. The zero-order valence-electron chi connectivity index (χ0n) is 11.5. The van der Waals surface area contributed by atoms with Gasteiger partial charge in [-0.05, 0) is 26.0 Å². The van der Waals surface area contributed by atoms with Crippen LogP contribution in [0.2, 0.25) is 0 Å². The van der Waals surface area contributed by atoms with Crippen LogP contribution in [0.1, 0.15) is 18.7 Å². The van der Waals surface area contributed by atoms with E-state index in [1.54, 1.807) is 19.1 Å². The molecule has 0 saturated heterocycles. The van der Waals surface area contributed by atoms with Gasteiger partial charge >= 0.3 is 5.69 Å². The van der Waals surface area contributed by atoms with Gasteiger partial charge in [0.25, 0.3) is 0 Å². The fourth-order valence-electron chi connectivity index (χ4n) is 1.93. The second-order valence-electron chi connectivity index (χ2n) is 4.53. The lowest BCUT2D eigenvalue weighted by atomic mass is 10.2. The predicted octanol–water partition coefficient (Wildman–Crippen LogP) is 2.01. The summed E-state index contributed by atoms with van der Waals surface area (Å²) in [5.74, 6) is -0.354. The lowest BCUT2D eigenvalue weighted by molar-refractivity contribution is -0.385. The van der Waals surface area contributed by atoms with Crippen molar-refractivity contribution >= 4 is 17.3 Å². The van der Waals surface area contributed by atoms with Gasteiger partial charge in [-0.3, -0.25) is 19.6 Å². The SMILES string of the molecule is Cc1c([N+](=O)[O-])cnn1C(C)C(=O)Nc1cccc(O)c1. The summed E-state index contributed by atoms with van der Waals surface area (Å²) in [7, 11) is 0. The van der Waals surface area contributed by atoms with Crippen molar-refractivity contribution in [1.82, 2.24) is 9.78 Å². The third kappa shape index (κ3) is 2.99. The summed E-state index contributed by atoms with van der Waals surface area (Å²) in [6.45, 7) is 3.12. The van der Waals surface area contributed by atoms with Crippen molar-refractivity contribution in [3.05, 3.63) is 46.3 Å². The average Bonchev–Trinajstić information content (AvgIpc) is 2.79. The molecule has 0 fully saturated rings. The van der Waals surface area contributed by atoms with E-state index >= 15 is 0 Å². The molecule has 0 aliphatic heterocycles. The highest BCUT2D eigenvalue weighted by Gasteiger charge is 2.23. The van der Waals surface area contributed by atoms with Gasteiger partial charge in [-0.25, -0.2) is 0 Å². The van der Waals surface area contributed by atoms with Gasteiger partial charge in [0, 0.05) is 11.8 Å². The standard InChI is InChI=1S/C13H14N4O4/c1-8-12(17(20)21)7-14-16(8)9(2)13(19)15-10-4-3-5-11(18)6-10/h3-7,9,18H,1-2H3,(H,15,19). The number of benzene rings is 1. The molecule has 8 nitrogen and oxygen atoms in total. The smallest absolute Gasteiger partial charge is 0.309 e. The molecule has 1 aromatic heterocycles. The molecule has 0 aliphatic carbocycles. The number of rotatable bonds is 4. The topological polar surface area (TPSA) is 110 Å². The molecule has 1 heterocycles. The maximum Gasteiger partial charge on any atom is 0.309 e.